The maximum absolute atomic E-state index is 6.33. The average molecular weight is 293 g/mol. The topological polar surface area (TPSA) is 15.3 Å². The first-order chi connectivity index (χ1) is 9.66. The van der Waals surface area contributed by atoms with E-state index in [1.165, 1.54) is 31.4 Å². The average Bonchev–Trinajstić information content (AvgIpc) is 3.03. The zero-order valence-corrected chi connectivity index (χ0v) is 13.2. The number of halogens is 1. The fourth-order valence-electron chi connectivity index (χ4n) is 4.02. The molecule has 2 nitrogen and oxygen atoms in total. The lowest BCUT2D eigenvalue weighted by Gasteiger charge is -2.30. The first kappa shape index (κ1) is 14.4. The van der Waals surface area contributed by atoms with Gasteiger partial charge in [0.05, 0.1) is 0 Å². The summed E-state index contributed by atoms with van der Waals surface area (Å²) in [5, 5.41) is 4.62. The molecule has 2 fully saturated rings. The minimum absolute atomic E-state index is 0.367. The molecule has 4 atom stereocenters. The van der Waals surface area contributed by atoms with Crippen LogP contribution in [0.2, 0.25) is 5.02 Å². The third kappa shape index (κ3) is 2.74. The number of rotatable bonds is 4. The molecule has 1 aromatic rings. The Morgan fingerprint density at radius 2 is 2.15 bits per heavy atom. The number of nitrogens with one attached hydrogen (secondary N) is 1. The van der Waals surface area contributed by atoms with Crippen LogP contribution in [0.25, 0.3) is 0 Å². The van der Waals surface area contributed by atoms with Crippen molar-refractivity contribution in [3.8, 4) is 0 Å². The fourth-order valence-corrected chi connectivity index (χ4v) is 4.32. The van der Waals surface area contributed by atoms with Gasteiger partial charge in [-0.1, -0.05) is 36.2 Å². The first-order valence-electron chi connectivity index (χ1n) is 7.85. The van der Waals surface area contributed by atoms with E-state index in [4.69, 9.17) is 11.6 Å². The van der Waals surface area contributed by atoms with E-state index in [1.54, 1.807) is 0 Å². The van der Waals surface area contributed by atoms with Gasteiger partial charge in [0.25, 0.3) is 0 Å². The minimum atomic E-state index is 0.367. The van der Waals surface area contributed by atoms with Crippen LogP contribution in [0.1, 0.15) is 37.8 Å². The molecule has 110 valence electrons. The molecule has 3 rings (SSSR count). The van der Waals surface area contributed by atoms with Crippen LogP contribution >= 0.6 is 11.6 Å². The Kier molecular flexibility index (Phi) is 4.34. The summed E-state index contributed by atoms with van der Waals surface area (Å²) in [4.78, 5) is 2.44. The van der Waals surface area contributed by atoms with Crippen LogP contribution < -0.4 is 5.32 Å². The number of benzene rings is 1. The van der Waals surface area contributed by atoms with Gasteiger partial charge in [0.1, 0.15) is 0 Å². The lowest BCUT2D eigenvalue weighted by atomic mass is 9.93. The van der Waals surface area contributed by atoms with Crippen molar-refractivity contribution in [2.24, 2.45) is 11.8 Å². The van der Waals surface area contributed by atoms with Crippen molar-refractivity contribution in [3.63, 3.8) is 0 Å². The molecule has 0 spiro atoms. The zero-order chi connectivity index (χ0) is 14.1. The van der Waals surface area contributed by atoms with E-state index >= 15 is 0 Å². The number of hydrogen-bond acceptors (Lipinski definition) is 2. The van der Waals surface area contributed by atoms with E-state index in [0.717, 1.165) is 23.4 Å². The van der Waals surface area contributed by atoms with E-state index < -0.39 is 0 Å². The van der Waals surface area contributed by atoms with Crippen molar-refractivity contribution in [2.45, 2.75) is 38.3 Å². The van der Waals surface area contributed by atoms with Gasteiger partial charge in [0.15, 0.2) is 0 Å². The van der Waals surface area contributed by atoms with Gasteiger partial charge in [-0.25, -0.2) is 0 Å². The van der Waals surface area contributed by atoms with Gasteiger partial charge in [-0.05, 0) is 56.8 Å². The maximum atomic E-state index is 6.33. The van der Waals surface area contributed by atoms with E-state index in [1.807, 2.05) is 12.1 Å². The van der Waals surface area contributed by atoms with E-state index in [-0.39, 0.29) is 0 Å². The zero-order valence-electron chi connectivity index (χ0n) is 12.5. The van der Waals surface area contributed by atoms with Crippen LogP contribution in [0.5, 0.6) is 0 Å². The quantitative estimate of drug-likeness (QED) is 0.910. The maximum Gasteiger partial charge on any atom is 0.0453 e. The fraction of sp³-hybridized carbons (Fsp3) is 0.647. The lowest BCUT2D eigenvalue weighted by Crippen LogP contribution is -2.39. The van der Waals surface area contributed by atoms with Crippen molar-refractivity contribution < 1.29 is 0 Å². The smallest absolute Gasteiger partial charge is 0.0453 e. The van der Waals surface area contributed by atoms with Gasteiger partial charge in [-0.3, -0.25) is 4.90 Å². The summed E-state index contributed by atoms with van der Waals surface area (Å²) in [6, 6.07) is 9.24. The van der Waals surface area contributed by atoms with Crippen molar-refractivity contribution in [1.29, 1.82) is 0 Å². The first-order valence-corrected chi connectivity index (χ1v) is 8.22. The Labute approximate surface area is 127 Å². The largest absolute Gasteiger partial charge is 0.312 e. The van der Waals surface area contributed by atoms with Crippen LogP contribution in [0.3, 0.4) is 0 Å². The number of fused-ring (bicyclic) bond motifs is 1. The molecule has 1 aromatic carbocycles. The molecule has 4 unspecified atom stereocenters. The highest BCUT2D eigenvalue weighted by atomic mass is 35.5. The molecule has 0 aromatic heterocycles. The Morgan fingerprint density at radius 3 is 2.95 bits per heavy atom. The molecule has 1 saturated heterocycles. The third-order valence-electron chi connectivity index (χ3n) is 5.38. The summed E-state index contributed by atoms with van der Waals surface area (Å²) in [6.07, 6.45) is 4.27. The number of nitrogens with zero attached hydrogens (tertiary/aromatic N) is 1. The standard InChI is InChI=1S/C17H25ClN2/c1-12(14-7-3-4-9-16(14)18)20(2)11-17-15-8-5-6-13(15)10-19-17/h3-4,7,9,12-13,15,17,19H,5-6,8,10-11H2,1-2H3. The Balaban J connectivity index is 1.64. The van der Waals surface area contributed by atoms with Gasteiger partial charge in [0, 0.05) is 23.7 Å². The summed E-state index contributed by atoms with van der Waals surface area (Å²) < 4.78 is 0. The van der Waals surface area contributed by atoms with Gasteiger partial charge < -0.3 is 5.32 Å². The molecule has 20 heavy (non-hydrogen) atoms. The molecule has 0 amide bonds. The van der Waals surface area contributed by atoms with Gasteiger partial charge in [0.2, 0.25) is 0 Å². The second-order valence-electron chi connectivity index (χ2n) is 6.51. The number of likely N-dealkylation sites (N-methyl/N-ethyl adjacent to an activating group) is 1. The van der Waals surface area contributed by atoms with Crippen LogP contribution in [0.4, 0.5) is 0 Å². The Morgan fingerprint density at radius 1 is 1.35 bits per heavy atom. The summed E-state index contributed by atoms with van der Waals surface area (Å²) in [5.41, 5.74) is 1.23. The Hall–Kier alpha value is -0.570. The van der Waals surface area contributed by atoms with Crippen LogP contribution in [-0.2, 0) is 0 Å². The minimum Gasteiger partial charge on any atom is -0.312 e. The molecule has 1 aliphatic heterocycles. The lowest BCUT2D eigenvalue weighted by molar-refractivity contribution is 0.216. The highest BCUT2D eigenvalue weighted by molar-refractivity contribution is 6.31. The normalized spacial score (nSPS) is 30.7. The summed E-state index contributed by atoms with van der Waals surface area (Å²) in [6.45, 7) is 4.60. The molecule has 1 saturated carbocycles. The monoisotopic (exact) mass is 292 g/mol. The molecule has 1 aliphatic carbocycles. The molecular formula is C17H25ClN2. The van der Waals surface area contributed by atoms with Gasteiger partial charge >= 0.3 is 0 Å². The molecule has 1 heterocycles. The van der Waals surface area contributed by atoms with Crippen LogP contribution in [-0.4, -0.2) is 31.1 Å². The predicted molar refractivity (Wildman–Crippen MR) is 85.1 cm³/mol. The molecule has 2 aliphatic rings. The molecular weight excluding hydrogens is 268 g/mol. The van der Waals surface area contributed by atoms with E-state index in [0.29, 0.717) is 12.1 Å². The SMILES string of the molecule is CC(c1ccccc1Cl)N(C)CC1NCC2CCCC21. The van der Waals surface area contributed by atoms with E-state index in [9.17, 15) is 0 Å². The van der Waals surface area contributed by atoms with Crippen molar-refractivity contribution >= 4 is 11.6 Å². The molecule has 0 bridgehead atoms. The molecule has 0 radical (unpaired) electrons. The van der Waals surface area contributed by atoms with Gasteiger partial charge in [-0.2, -0.15) is 0 Å². The number of hydrogen-bond donors (Lipinski definition) is 1. The Bertz CT molecular complexity index is 462. The van der Waals surface area contributed by atoms with E-state index in [2.05, 4.69) is 36.3 Å². The summed E-state index contributed by atoms with van der Waals surface area (Å²) in [7, 11) is 2.22. The van der Waals surface area contributed by atoms with Gasteiger partial charge in [-0.15, -0.1) is 0 Å². The molecule has 1 N–H and O–H groups in total. The molecule has 3 heteroatoms. The summed E-state index contributed by atoms with van der Waals surface area (Å²) in [5.74, 6) is 1.83. The second kappa shape index (κ2) is 6.05. The summed E-state index contributed by atoms with van der Waals surface area (Å²) >= 11 is 6.33. The van der Waals surface area contributed by atoms with Crippen molar-refractivity contribution in [3.05, 3.63) is 34.9 Å². The van der Waals surface area contributed by atoms with Crippen LogP contribution in [0, 0.1) is 11.8 Å². The van der Waals surface area contributed by atoms with Crippen molar-refractivity contribution in [2.75, 3.05) is 20.1 Å². The van der Waals surface area contributed by atoms with Crippen molar-refractivity contribution in [1.82, 2.24) is 10.2 Å². The highest BCUT2D eigenvalue weighted by Crippen LogP contribution is 2.38. The highest BCUT2D eigenvalue weighted by Gasteiger charge is 2.39. The van der Waals surface area contributed by atoms with Crippen LogP contribution in [0.15, 0.2) is 24.3 Å². The third-order valence-corrected chi connectivity index (χ3v) is 5.72. The predicted octanol–water partition coefficient (Wildman–Crippen LogP) is 3.72. The second-order valence-corrected chi connectivity index (χ2v) is 6.91.